The fourth-order valence-corrected chi connectivity index (χ4v) is 6.41. The maximum atomic E-state index is 13.5. The summed E-state index contributed by atoms with van der Waals surface area (Å²) < 4.78 is 17.2. The van der Waals surface area contributed by atoms with E-state index < -0.39 is 23.9 Å². The molecular formula is C39H45N5O7. The van der Waals surface area contributed by atoms with Crippen LogP contribution in [-0.2, 0) is 14.3 Å². The van der Waals surface area contributed by atoms with Crippen molar-refractivity contribution < 1.29 is 33.1 Å². The number of ketones is 2. The molecule has 2 aromatic heterocycles. The summed E-state index contributed by atoms with van der Waals surface area (Å²) in [6.45, 7) is 8.89. The first-order chi connectivity index (χ1) is 24.7. The first kappa shape index (κ1) is 35.9. The van der Waals surface area contributed by atoms with E-state index in [1.807, 2.05) is 61.2 Å². The van der Waals surface area contributed by atoms with Crippen LogP contribution < -0.4 is 15.4 Å². The average Bonchev–Trinajstić information content (AvgIpc) is 3.50. The second-order valence-corrected chi connectivity index (χ2v) is 13.4. The summed E-state index contributed by atoms with van der Waals surface area (Å²) in [5.74, 6) is -0.757. The van der Waals surface area contributed by atoms with E-state index >= 15 is 0 Å². The lowest BCUT2D eigenvalue weighted by molar-refractivity contribution is -0.129. The van der Waals surface area contributed by atoms with E-state index in [0.717, 1.165) is 44.1 Å². The molecule has 12 nitrogen and oxygen atoms in total. The van der Waals surface area contributed by atoms with Crippen LogP contribution >= 0.6 is 0 Å². The van der Waals surface area contributed by atoms with Gasteiger partial charge in [-0.2, -0.15) is 0 Å². The minimum Gasteiger partial charge on any atom is -0.492 e. The molecule has 4 aromatic rings. The highest BCUT2D eigenvalue weighted by Crippen LogP contribution is 2.25. The number of likely N-dealkylation sites (tertiary alicyclic amines) is 1. The van der Waals surface area contributed by atoms with Crippen molar-refractivity contribution in [3.05, 3.63) is 84.3 Å². The second kappa shape index (κ2) is 16.9. The number of morpholine rings is 1. The number of benzene rings is 2. The quantitative estimate of drug-likeness (QED) is 0.197. The maximum absolute atomic E-state index is 13.5. The molecule has 4 heterocycles. The molecule has 2 aliphatic heterocycles. The monoisotopic (exact) mass is 695 g/mol. The number of carbonyl (C=O) groups excluding carboxylic acids is 4. The summed E-state index contributed by atoms with van der Waals surface area (Å²) in [6, 6.07) is 18.4. The summed E-state index contributed by atoms with van der Waals surface area (Å²) in [4.78, 5) is 61.8. The van der Waals surface area contributed by atoms with Crippen LogP contribution in [0.15, 0.2) is 77.3 Å². The minimum absolute atomic E-state index is 0.0349. The van der Waals surface area contributed by atoms with E-state index in [2.05, 4.69) is 20.5 Å². The summed E-state index contributed by atoms with van der Waals surface area (Å²) in [5, 5.41) is 6.39. The average molecular weight is 696 g/mol. The number of fused-ring (bicyclic) bond motifs is 1. The zero-order chi connectivity index (χ0) is 35.7. The Labute approximate surface area is 297 Å². The molecule has 51 heavy (non-hydrogen) atoms. The molecule has 2 saturated heterocycles. The van der Waals surface area contributed by atoms with E-state index in [1.165, 1.54) is 0 Å². The molecule has 0 radical (unpaired) electrons. The lowest BCUT2D eigenvalue weighted by Crippen LogP contribution is -2.54. The fourth-order valence-electron chi connectivity index (χ4n) is 6.41. The van der Waals surface area contributed by atoms with Crippen molar-refractivity contribution >= 4 is 34.4 Å². The lowest BCUT2D eigenvalue weighted by atomic mass is 10.0. The Hall–Kier alpha value is -4.91. The van der Waals surface area contributed by atoms with Gasteiger partial charge in [-0.1, -0.05) is 38.1 Å². The van der Waals surface area contributed by atoms with Gasteiger partial charge in [-0.15, -0.1) is 0 Å². The zero-order valence-corrected chi connectivity index (χ0v) is 29.1. The molecule has 2 N–H and O–H groups in total. The van der Waals surface area contributed by atoms with E-state index in [9.17, 15) is 19.2 Å². The Kier molecular flexibility index (Phi) is 11.9. The van der Waals surface area contributed by atoms with Gasteiger partial charge in [-0.3, -0.25) is 34.0 Å². The summed E-state index contributed by atoms with van der Waals surface area (Å²) in [6.07, 6.45) is 2.76. The first-order valence-corrected chi connectivity index (χ1v) is 17.6. The number of hydrogen-bond donors (Lipinski definition) is 2. The second-order valence-electron chi connectivity index (χ2n) is 13.4. The number of nitrogens with zero attached hydrogens (tertiary/aromatic N) is 3. The smallest absolute Gasteiger partial charge is 0.287 e. The topological polar surface area (TPSA) is 143 Å². The van der Waals surface area contributed by atoms with Crippen LogP contribution in [0.25, 0.3) is 22.2 Å². The number of ether oxygens (including phenoxy) is 2. The molecule has 2 unspecified atom stereocenters. The molecule has 0 spiro atoms. The third-order valence-electron chi connectivity index (χ3n) is 9.29. The number of hydrogen-bond acceptors (Lipinski definition) is 10. The third-order valence-corrected chi connectivity index (χ3v) is 9.29. The highest BCUT2D eigenvalue weighted by molar-refractivity contribution is 6.01. The summed E-state index contributed by atoms with van der Waals surface area (Å²) in [7, 11) is 0. The standard InChI is InChI=1S/C39H45N5O7/c1-26(2)37(42-38(47)36-23-29-22-30(11-12-35(29)51-36)50-20-17-43-15-18-49-19-16-43)39(48)41-32-10-6-14-44(25-34(32)46)24-33(45)28-8-5-7-27(21-28)31-9-3-4-13-40-31/h3-5,7-9,11-13,21-23,26,32,37H,6,10,14-20,24-25H2,1-2H3,(H,41,48)(H,42,47). The van der Waals surface area contributed by atoms with Gasteiger partial charge in [0.05, 0.1) is 38.0 Å². The number of aromatic nitrogens is 1. The first-order valence-electron chi connectivity index (χ1n) is 17.6. The van der Waals surface area contributed by atoms with Gasteiger partial charge in [-0.05, 0) is 67.8 Å². The van der Waals surface area contributed by atoms with Crippen molar-refractivity contribution in [2.75, 3.05) is 59.1 Å². The fraction of sp³-hybridized carbons (Fsp3) is 0.410. The lowest BCUT2D eigenvalue weighted by Gasteiger charge is -2.26. The van der Waals surface area contributed by atoms with Gasteiger partial charge in [0.2, 0.25) is 5.91 Å². The number of amides is 2. The molecule has 2 atom stereocenters. The van der Waals surface area contributed by atoms with E-state index in [-0.39, 0.29) is 36.3 Å². The molecular weight excluding hydrogens is 650 g/mol. The highest BCUT2D eigenvalue weighted by atomic mass is 16.5. The Morgan fingerprint density at radius 3 is 2.61 bits per heavy atom. The van der Waals surface area contributed by atoms with Crippen LogP contribution in [0, 0.1) is 5.92 Å². The molecule has 2 aromatic carbocycles. The van der Waals surface area contributed by atoms with Gasteiger partial charge < -0.3 is 24.5 Å². The molecule has 0 saturated carbocycles. The molecule has 268 valence electrons. The van der Waals surface area contributed by atoms with Crippen LogP contribution in [0.1, 0.15) is 47.6 Å². The molecule has 0 bridgehead atoms. The predicted molar refractivity (Wildman–Crippen MR) is 192 cm³/mol. The van der Waals surface area contributed by atoms with E-state index in [0.29, 0.717) is 48.3 Å². The molecule has 0 aliphatic carbocycles. The van der Waals surface area contributed by atoms with Crippen molar-refractivity contribution in [3.63, 3.8) is 0 Å². The molecule has 2 fully saturated rings. The van der Waals surface area contributed by atoms with Gasteiger partial charge in [0, 0.05) is 42.3 Å². The molecule has 2 amide bonds. The zero-order valence-electron chi connectivity index (χ0n) is 29.1. The Morgan fingerprint density at radius 1 is 0.980 bits per heavy atom. The Morgan fingerprint density at radius 2 is 1.82 bits per heavy atom. The molecule has 2 aliphatic rings. The van der Waals surface area contributed by atoms with E-state index in [1.54, 1.807) is 30.5 Å². The van der Waals surface area contributed by atoms with Gasteiger partial charge in [0.1, 0.15) is 24.0 Å². The highest BCUT2D eigenvalue weighted by Gasteiger charge is 2.32. The van der Waals surface area contributed by atoms with Crippen molar-refractivity contribution in [3.8, 4) is 17.0 Å². The van der Waals surface area contributed by atoms with Crippen LogP contribution in [0.3, 0.4) is 0 Å². The Balaban J connectivity index is 1.02. The number of carbonyl (C=O) groups is 4. The third kappa shape index (κ3) is 9.46. The number of furan rings is 1. The van der Waals surface area contributed by atoms with Gasteiger partial charge >= 0.3 is 0 Å². The number of nitrogens with one attached hydrogen (secondary N) is 2. The molecule has 12 heteroatoms. The van der Waals surface area contributed by atoms with Crippen molar-refractivity contribution in [1.29, 1.82) is 0 Å². The normalized spacial score (nSPS) is 17.9. The predicted octanol–water partition coefficient (Wildman–Crippen LogP) is 3.99. The van der Waals surface area contributed by atoms with Crippen molar-refractivity contribution in [1.82, 2.24) is 25.4 Å². The van der Waals surface area contributed by atoms with Gasteiger partial charge in [0.15, 0.2) is 17.3 Å². The Bertz CT molecular complexity index is 1840. The minimum atomic E-state index is -0.898. The van der Waals surface area contributed by atoms with Gasteiger partial charge in [0.25, 0.3) is 5.91 Å². The SMILES string of the molecule is CC(C)C(NC(=O)c1cc2cc(OCCN3CCOCC3)ccc2o1)C(=O)NC1CCCN(CC(=O)c2cccc(-c3ccccn3)c2)CC1=O. The van der Waals surface area contributed by atoms with Crippen molar-refractivity contribution in [2.24, 2.45) is 5.92 Å². The van der Waals surface area contributed by atoms with E-state index in [4.69, 9.17) is 13.9 Å². The summed E-state index contributed by atoms with van der Waals surface area (Å²) >= 11 is 0. The number of pyridine rings is 1. The number of Topliss-reactive ketones (excluding diaryl/α,β-unsaturated/α-hetero) is 2. The van der Waals surface area contributed by atoms with Crippen LogP contribution in [0.2, 0.25) is 0 Å². The van der Waals surface area contributed by atoms with Crippen LogP contribution in [0.5, 0.6) is 5.75 Å². The summed E-state index contributed by atoms with van der Waals surface area (Å²) in [5.41, 5.74) is 2.70. The molecule has 6 rings (SSSR count). The van der Waals surface area contributed by atoms with Crippen LogP contribution in [0.4, 0.5) is 0 Å². The van der Waals surface area contributed by atoms with Crippen LogP contribution in [-0.4, -0.2) is 109 Å². The number of rotatable bonds is 13. The van der Waals surface area contributed by atoms with Crippen molar-refractivity contribution in [2.45, 2.75) is 38.8 Å². The maximum Gasteiger partial charge on any atom is 0.287 e. The van der Waals surface area contributed by atoms with Gasteiger partial charge in [-0.25, -0.2) is 0 Å². The largest absolute Gasteiger partial charge is 0.492 e.